The molecule has 0 radical (unpaired) electrons. The number of nitrogens with zero attached hydrogens (tertiary/aromatic N) is 3. The van der Waals surface area contributed by atoms with Crippen LogP contribution in [0.2, 0.25) is 0 Å². The molecule has 0 spiro atoms. The normalized spacial score (nSPS) is 21.3. The van der Waals surface area contributed by atoms with E-state index in [9.17, 15) is 20.0 Å². The molecule has 2 atom stereocenters. The fraction of sp³-hybridized carbons (Fsp3) is 0.462. The average molecular weight is 290 g/mol. The van der Waals surface area contributed by atoms with Crippen LogP contribution in [-0.4, -0.2) is 27.0 Å². The van der Waals surface area contributed by atoms with E-state index in [0.717, 1.165) is 18.9 Å². The highest BCUT2D eigenvalue weighted by Crippen LogP contribution is 2.30. The molecule has 1 saturated carbocycles. The van der Waals surface area contributed by atoms with Gasteiger partial charge in [-0.15, -0.1) is 0 Å². The van der Waals surface area contributed by atoms with E-state index in [1.165, 1.54) is 6.20 Å². The third kappa shape index (κ3) is 3.25. The number of nitrogens with one attached hydrogen (secondary N) is 1. The van der Waals surface area contributed by atoms with E-state index in [1.807, 2.05) is 0 Å². The largest absolute Gasteiger partial charge is 0.481 e. The van der Waals surface area contributed by atoms with E-state index in [4.69, 9.17) is 5.26 Å². The molecule has 1 aliphatic rings. The lowest BCUT2D eigenvalue weighted by Crippen LogP contribution is -2.37. The first-order valence-electron chi connectivity index (χ1n) is 6.57. The first-order chi connectivity index (χ1) is 10.0. The topological polar surface area (TPSA) is 129 Å². The second-order valence-corrected chi connectivity index (χ2v) is 4.94. The standard InChI is InChI=1S/C13H14N4O4/c14-6-8-5-11(17(20)21)12(15-7-8)16-10-4-2-1-3-9(10)13(18)19/h5,7,9-10H,1-4H2,(H,15,16)(H,18,19). The van der Waals surface area contributed by atoms with Gasteiger partial charge in [0.25, 0.3) is 0 Å². The molecule has 0 bridgehead atoms. The van der Waals surface area contributed by atoms with Crippen LogP contribution >= 0.6 is 0 Å². The number of rotatable bonds is 4. The molecule has 1 aromatic heterocycles. The molecule has 1 aliphatic carbocycles. The van der Waals surface area contributed by atoms with Crippen molar-refractivity contribution >= 4 is 17.5 Å². The second kappa shape index (κ2) is 6.17. The summed E-state index contributed by atoms with van der Waals surface area (Å²) in [5, 5.41) is 31.9. The van der Waals surface area contributed by atoms with Crippen LogP contribution in [0.1, 0.15) is 31.2 Å². The summed E-state index contributed by atoms with van der Waals surface area (Å²) in [5.41, 5.74) is -0.227. The Morgan fingerprint density at radius 1 is 1.52 bits per heavy atom. The highest BCUT2D eigenvalue weighted by Gasteiger charge is 2.32. The van der Waals surface area contributed by atoms with Crippen molar-refractivity contribution in [3.05, 3.63) is 27.9 Å². The van der Waals surface area contributed by atoms with Gasteiger partial charge < -0.3 is 10.4 Å². The molecule has 0 amide bonds. The molecule has 2 N–H and O–H groups in total. The fourth-order valence-corrected chi connectivity index (χ4v) is 2.54. The molecule has 2 unspecified atom stereocenters. The molecular formula is C13H14N4O4. The summed E-state index contributed by atoms with van der Waals surface area (Å²) < 4.78 is 0. The number of aromatic nitrogens is 1. The molecule has 1 aromatic rings. The van der Waals surface area contributed by atoms with Gasteiger partial charge in [0.2, 0.25) is 5.82 Å². The Morgan fingerprint density at radius 2 is 2.24 bits per heavy atom. The Kier molecular flexibility index (Phi) is 4.33. The molecule has 0 aliphatic heterocycles. The van der Waals surface area contributed by atoms with Gasteiger partial charge in [0, 0.05) is 18.3 Å². The Labute approximate surface area is 120 Å². The van der Waals surface area contributed by atoms with Crippen LogP contribution in [0.5, 0.6) is 0 Å². The molecule has 21 heavy (non-hydrogen) atoms. The molecule has 1 fully saturated rings. The second-order valence-electron chi connectivity index (χ2n) is 4.94. The number of pyridine rings is 1. The molecular weight excluding hydrogens is 276 g/mol. The summed E-state index contributed by atoms with van der Waals surface area (Å²) in [7, 11) is 0. The van der Waals surface area contributed by atoms with Crippen molar-refractivity contribution in [3.63, 3.8) is 0 Å². The third-order valence-electron chi connectivity index (χ3n) is 3.60. The minimum Gasteiger partial charge on any atom is -0.481 e. The zero-order valence-electron chi connectivity index (χ0n) is 11.2. The van der Waals surface area contributed by atoms with Crippen molar-refractivity contribution in [2.75, 3.05) is 5.32 Å². The number of hydrogen-bond donors (Lipinski definition) is 2. The van der Waals surface area contributed by atoms with Gasteiger partial charge in [-0.1, -0.05) is 12.8 Å². The SMILES string of the molecule is N#Cc1cnc(NC2CCCCC2C(=O)O)c([N+](=O)[O-])c1. The zero-order valence-corrected chi connectivity index (χ0v) is 11.2. The molecule has 1 heterocycles. The van der Waals surface area contributed by atoms with Crippen LogP contribution in [0.3, 0.4) is 0 Å². The van der Waals surface area contributed by atoms with E-state index in [-0.39, 0.29) is 17.1 Å². The van der Waals surface area contributed by atoms with Gasteiger partial charge in [0.15, 0.2) is 0 Å². The van der Waals surface area contributed by atoms with Crippen LogP contribution in [0.25, 0.3) is 0 Å². The smallest absolute Gasteiger partial charge is 0.312 e. The number of nitro groups is 1. The van der Waals surface area contributed by atoms with Gasteiger partial charge in [-0.25, -0.2) is 4.98 Å². The van der Waals surface area contributed by atoms with Gasteiger partial charge in [-0.2, -0.15) is 5.26 Å². The van der Waals surface area contributed by atoms with Crippen molar-refractivity contribution in [1.29, 1.82) is 5.26 Å². The molecule has 0 saturated heterocycles. The monoisotopic (exact) mass is 290 g/mol. The Morgan fingerprint density at radius 3 is 2.86 bits per heavy atom. The van der Waals surface area contributed by atoms with Crippen molar-refractivity contribution in [1.82, 2.24) is 4.98 Å². The summed E-state index contributed by atoms with van der Waals surface area (Å²) >= 11 is 0. The van der Waals surface area contributed by atoms with E-state index >= 15 is 0 Å². The zero-order chi connectivity index (χ0) is 15.4. The first-order valence-corrected chi connectivity index (χ1v) is 6.57. The van der Waals surface area contributed by atoms with Crippen molar-refractivity contribution < 1.29 is 14.8 Å². The predicted molar refractivity (Wildman–Crippen MR) is 72.6 cm³/mol. The van der Waals surface area contributed by atoms with E-state index < -0.39 is 22.9 Å². The number of carbonyl (C=O) groups is 1. The van der Waals surface area contributed by atoms with Crippen LogP contribution in [0.4, 0.5) is 11.5 Å². The lowest BCUT2D eigenvalue weighted by molar-refractivity contribution is -0.384. The van der Waals surface area contributed by atoms with Crippen LogP contribution < -0.4 is 5.32 Å². The quantitative estimate of drug-likeness (QED) is 0.640. The van der Waals surface area contributed by atoms with E-state index in [2.05, 4.69) is 10.3 Å². The number of carboxylic acids is 1. The van der Waals surface area contributed by atoms with Gasteiger partial charge in [0.05, 0.1) is 16.4 Å². The molecule has 110 valence electrons. The maximum Gasteiger partial charge on any atom is 0.312 e. The molecule has 2 rings (SSSR count). The number of hydrogen-bond acceptors (Lipinski definition) is 6. The predicted octanol–water partition coefficient (Wildman–Crippen LogP) is 1.92. The first kappa shape index (κ1) is 14.7. The Balaban J connectivity index is 2.27. The minimum atomic E-state index is -0.913. The molecule has 8 heteroatoms. The maximum atomic E-state index is 11.2. The Hall–Kier alpha value is -2.69. The average Bonchev–Trinajstić information content (AvgIpc) is 2.47. The van der Waals surface area contributed by atoms with Crippen LogP contribution in [0.15, 0.2) is 12.3 Å². The maximum absolute atomic E-state index is 11.2. The highest BCUT2D eigenvalue weighted by atomic mass is 16.6. The van der Waals surface area contributed by atoms with Gasteiger partial charge in [-0.05, 0) is 12.8 Å². The minimum absolute atomic E-state index is 0.0113. The van der Waals surface area contributed by atoms with Gasteiger partial charge in [-0.3, -0.25) is 14.9 Å². The summed E-state index contributed by atoms with van der Waals surface area (Å²) in [6, 6.07) is 2.53. The highest BCUT2D eigenvalue weighted by molar-refractivity contribution is 5.72. The lowest BCUT2D eigenvalue weighted by Gasteiger charge is -2.29. The summed E-state index contributed by atoms with van der Waals surface area (Å²) in [5.74, 6) is -1.49. The summed E-state index contributed by atoms with van der Waals surface area (Å²) in [6.07, 6.45) is 4.09. The number of nitriles is 1. The van der Waals surface area contributed by atoms with Crippen LogP contribution in [-0.2, 0) is 4.79 Å². The number of aliphatic carboxylic acids is 1. The van der Waals surface area contributed by atoms with Crippen LogP contribution in [0, 0.1) is 27.4 Å². The third-order valence-corrected chi connectivity index (χ3v) is 3.60. The van der Waals surface area contributed by atoms with Gasteiger partial charge >= 0.3 is 11.7 Å². The Bertz CT molecular complexity index is 611. The number of carboxylic acid groups (broad SMARTS) is 1. The molecule has 8 nitrogen and oxygen atoms in total. The van der Waals surface area contributed by atoms with E-state index in [1.54, 1.807) is 6.07 Å². The number of anilines is 1. The summed E-state index contributed by atoms with van der Waals surface area (Å²) in [6.45, 7) is 0. The van der Waals surface area contributed by atoms with Crippen molar-refractivity contribution in [3.8, 4) is 6.07 Å². The molecule has 0 aromatic carbocycles. The van der Waals surface area contributed by atoms with E-state index in [0.29, 0.717) is 12.8 Å². The van der Waals surface area contributed by atoms with Crippen molar-refractivity contribution in [2.24, 2.45) is 5.92 Å². The summed E-state index contributed by atoms with van der Waals surface area (Å²) in [4.78, 5) is 25.5. The lowest BCUT2D eigenvalue weighted by atomic mass is 9.84. The fourth-order valence-electron chi connectivity index (χ4n) is 2.54. The van der Waals surface area contributed by atoms with Gasteiger partial charge in [0.1, 0.15) is 6.07 Å². The van der Waals surface area contributed by atoms with Crippen molar-refractivity contribution in [2.45, 2.75) is 31.7 Å².